The van der Waals surface area contributed by atoms with Gasteiger partial charge in [-0.05, 0) is 40.9 Å². The second-order valence-corrected chi connectivity index (χ2v) is 5.60. The first kappa shape index (κ1) is 12.1. The van der Waals surface area contributed by atoms with E-state index in [4.69, 9.17) is 10.6 Å². The van der Waals surface area contributed by atoms with Gasteiger partial charge in [0.15, 0.2) is 0 Å². The highest BCUT2D eigenvalue weighted by Crippen LogP contribution is 2.23. The largest absolute Gasteiger partial charge is 0.385 e. The zero-order valence-corrected chi connectivity index (χ0v) is 10.5. The molecule has 0 aliphatic carbocycles. The van der Waals surface area contributed by atoms with E-state index in [9.17, 15) is 0 Å². The first-order chi connectivity index (χ1) is 6.76. The van der Waals surface area contributed by atoms with Crippen molar-refractivity contribution in [3.63, 3.8) is 0 Å². The number of hydrazine groups is 1. The van der Waals surface area contributed by atoms with Gasteiger partial charge in [0, 0.05) is 24.6 Å². The van der Waals surface area contributed by atoms with Gasteiger partial charge in [0.05, 0.1) is 3.79 Å². The van der Waals surface area contributed by atoms with Crippen molar-refractivity contribution in [2.24, 2.45) is 5.84 Å². The summed E-state index contributed by atoms with van der Waals surface area (Å²) in [5.74, 6) is 5.46. The molecule has 1 atom stereocenters. The lowest BCUT2D eigenvalue weighted by Gasteiger charge is -2.13. The van der Waals surface area contributed by atoms with Crippen LogP contribution in [-0.4, -0.2) is 19.8 Å². The molecule has 0 spiro atoms. The molecule has 1 heterocycles. The molecule has 3 nitrogen and oxygen atoms in total. The molecule has 1 aromatic heterocycles. The van der Waals surface area contributed by atoms with Gasteiger partial charge in [-0.2, -0.15) is 0 Å². The minimum absolute atomic E-state index is 0.292. The topological polar surface area (TPSA) is 47.3 Å². The maximum Gasteiger partial charge on any atom is 0.0701 e. The van der Waals surface area contributed by atoms with E-state index in [0.717, 1.165) is 23.2 Å². The van der Waals surface area contributed by atoms with Crippen LogP contribution in [-0.2, 0) is 11.2 Å². The van der Waals surface area contributed by atoms with Crippen molar-refractivity contribution in [2.75, 3.05) is 13.7 Å². The first-order valence-corrected chi connectivity index (χ1v) is 6.06. The van der Waals surface area contributed by atoms with E-state index in [1.807, 2.05) is 0 Å². The fraction of sp³-hybridized carbons (Fsp3) is 0.556. The van der Waals surface area contributed by atoms with E-state index in [1.54, 1.807) is 18.4 Å². The maximum absolute atomic E-state index is 5.46. The van der Waals surface area contributed by atoms with Crippen LogP contribution in [0.4, 0.5) is 0 Å². The van der Waals surface area contributed by atoms with Crippen LogP contribution in [0.1, 0.15) is 11.3 Å². The predicted molar refractivity (Wildman–Crippen MR) is 63.3 cm³/mol. The van der Waals surface area contributed by atoms with Crippen LogP contribution in [0.5, 0.6) is 0 Å². The van der Waals surface area contributed by atoms with E-state index in [0.29, 0.717) is 6.04 Å². The number of rotatable bonds is 6. The quantitative estimate of drug-likeness (QED) is 0.618. The Morgan fingerprint density at radius 3 is 2.93 bits per heavy atom. The molecule has 14 heavy (non-hydrogen) atoms. The summed E-state index contributed by atoms with van der Waals surface area (Å²) in [5, 5.41) is 0. The molecule has 0 saturated heterocycles. The maximum atomic E-state index is 5.46. The zero-order chi connectivity index (χ0) is 10.4. The average molecular weight is 279 g/mol. The molecule has 0 amide bonds. The lowest BCUT2D eigenvalue weighted by molar-refractivity contribution is 0.182. The van der Waals surface area contributed by atoms with Gasteiger partial charge in [0.25, 0.3) is 0 Å². The predicted octanol–water partition coefficient (Wildman–Crippen LogP) is 1.92. The summed E-state index contributed by atoms with van der Waals surface area (Å²) in [7, 11) is 1.70. The van der Waals surface area contributed by atoms with Gasteiger partial charge in [0.2, 0.25) is 0 Å². The van der Waals surface area contributed by atoms with E-state index < -0.39 is 0 Å². The number of nitrogens with two attached hydrogens (primary N) is 1. The van der Waals surface area contributed by atoms with Crippen molar-refractivity contribution in [1.29, 1.82) is 0 Å². The van der Waals surface area contributed by atoms with E-state index in [2.05, 4.69) is 33.5 Å². The summed E-state index contributed by atoms with van der Waals surface area (Å²) < 4.78 is 6.18. The smallest absolute Gasteiger partial charge is 0.0701 e. The molecule has 1 aromatic rings. The number of halogens is 1. The summed E-state index contributed by atoms with van der Waals surface area (Å²) in [4.78, 5) is 1.33. The molecule has 0 radical (unpaired) electrons. The molecule has 0 aliphatic rings. The number of hydrogen-bond acceptors (Lipinski definition) is 4. The van der Waals surface area contributed by atoms with Gasteiger partial charge >= 0.3 is 0 Å². The highest BCUT2D eigenvalue weighted by molar-refractivity contribution is 9.11. The van der Waals surface area contributed by atoms with E-state index in [-0.39, 0.29) is 0 Å². The molecule has 3 N–H and O–H groups in total. The number of ether oxygens (including phenoxy) is 1. The molecular weight excluding hydrogens is 264 g/mol. The lowest BCUT2D eigenvalue weighted by atomic mass is 10.1. The molecule has 1 unspecified atom stereocenters. The van der Waals surface area contributed by atoms with Crippen LogP contribution < -0.4 is 11.3 Å². The Hall–Kier alpha value is 0.0600. The SMILES string of the molecule is COCCC(Cc1ccc(Br)s1)NN. The summed E-state index contributed by atoms with van der Waals surface area (Å²) >= 11 is 5.18. The standard InChI is InChI=1S/C9H15BrN2OS/c1-13-5-4-7(12-11)6-8-2-3-9(10)14-8/h2-3,7,12H,4-6,11H2,1H3. The molecule has 5 heteroatoms. The molecule has 0 fully saturated rings. The average Bonchev–Trinajstić information content (AvgIpc) is 2.58. The van der Waals surface area contributed by atoms with Gasteiger partial charge in [-0.3, -0.25) is 11.3 Å². The van der Waals surface area contributed by atoms with Crippen molar-refractivity contribution in [3.05, 3.63) is 20.8 Å². The Labute approximate surface area is 96.7 Å². The van der Waals surface area contributed by atoms with Gasteiger partial charge in [-0.25, -0.2) is 0 Å². The molecular formula is C9H15BrN2OS. The summed E-state index contributed by atoms with van der Waals surface area (Å²) in [6.07, 6.45) is 1.89. The second kappa shape index (κ2) is 6.53. The summed E-state index contributed by atoms with van der Waals surface area (Å²) in [6.45, 7) is 0.738. The molecule has 1 rings (SSSR count). The third-order valence-corrected chi connectivity index (χ3v) is 3.63. The number of hydrogen-bond donors (Lipinski definition) is 2. The van der Waals surface area contributed by atoms with Crippen LogP contribution in [0.2, 0.25) is 0 Å². The van der Waals surface area contributed by atoms with Crippen LogP contribution in [0, 0.1) is 0 Å². The van der Waals surface area contributed by atoms with Crippen LogP contribution in [0.25, 0.3) is 0 Å². The van der Waals surface area contributed by atoms with Crippen LogP contribution >= 0.6 is 27.3 Å². The summed E-state index contributed by atoms with van der Waals surface area (Å²) in [5.41, 5.74) is 2.81. The second-order valence-electron chi connectivity index (χ2n) is 3.06. The Balaban J connectivity index is 2.40. The number of thiophene rings is 1. The fourth-order valence-corrected chi connectivity index (χ4v) is 2.77. The van der Waals surface area contributed by atoms with Crippen molar-refractivity contribution in [2.45, 2.75) is 18.9 Å². The highest BCUT2D eigenvalue weighted by atomic mass is 79.9. The zero-order valence-electron chi connectivity index (χ0n) is 8.13. The minimum atomic E-state index is 0.292. The monoisotopic (exact) mass is 278 g/mol. The molecule has 0 saturated carbocycles. The Morgan fingerprint density at radius 1 is 1.64 bits per heavy atom. The lowest BCUT2D eigenvalue weighted by Crippen LogP contribution is -2.37. The van der Waals surface area contributed by atoms with Gasteiger partial charge in [-0.1, -0.05) is 0 Å². The van der Waals surface area contributed by atoms with Gasteiger partial charge in [-0.15, -0.1) is 11.3 Å². The third kappa shape index (κ3) is 4.06. The van der Waals surface area contributed by atoms with Crippen molar-refractivity contribution < 1.29 is 4.74 Å². The number of nitrogens with one attached hydrogen (secondary N) is 1. The molecule has 0 aromatic carbocycles. The fourth-order valence-electron chi connectivity index (χ4n) is 1.21. The highest BCUT2D eigenvalue weighted by Gasteiger charge is 2.08. The van der Waals surface area contributed by atoms with Crippen molar-refractivity contribution in [1.82, 2.24) is 5.43 Å². The molecule has 80 valence electrons. The van der Waals surface area contributed by atoms with Gasteiger partial charge in [0.1, 0.15) is 0 Å². The van der Waals surface area contributed by atoms with Crippen LogP contribution in [0.15, 0.2) is 15.9 Å². The normalized spacial score (nSPS) is 13.1. The Morgan fingerprint density at radius 2 is 2.43 bits per heavy atom. The first-order valence-electron chi connectivity index (χ1n) is 4.45. The van der Waals surface area contributed by atoms with E-state index >= 15 is 0 Å². The molecule has 0 aliphatic heterocycles. The molecule has 0 bridgehead atoms. The van der Waals surface area contributed by atoms with Crippen molar-refractivity contribution >= 4 is 27.3 Å². The van der Waals surface area contributed by atoms with Gasteiger partial charge < -0.3 is 4.74 Å². The van der Waals surface area contributed by atoms with Crippen LogP contribution in [0.3, 0.4) is 0 Å². The van der Waals surface area contributed by atoms with E-state index in [1.165, 1.54) is 4.88 Å². The van der Waals surface area contributed by atoms with Crippen molar-refractivity contribution in [3.8, 4) is 0 Å². The Bertz CT molecular complexity index is 267. The number of methoxy groups -OCH3 is 1. The third-order valence-electron chi connectivity index (χ3n) is 1.98. The minimum Gasteiger partial charge on any atom is -0.385 e. The summed E-state index contributed by atoms with van der Waals surface area (Å²) in [6, 6.07) is 4.47. The Kier molecular flexibility index (Phi) is 5.66.